The Morgan fingerprint density at radius 1 is 1.31 bits per heavy atom. The topological polar surface area (TPSA) is 35.2 Å². The molecule has 2 N–H and O–H groups in total. The average molecular weight is 235 g/mol. The van der Waals surface area contributed by atoms with Crippen molar-refractivity contribution in [3.05, 3.63) is 36.5 Å². The largest absolute Gasteiger partial charge is 0.494 e. The van der Waals surface area contributed by atoms with E-state index in [4.69, 9.17) is 10.5 Å². The number of nitrogen functional groups attached to an aromatic ring is 1. The van der Waals surface area contributed by atoms with E-state index in [1.807, 2.05) is 24.3 Å². The third-order valence-electron chi connectivity index (χ3n) is 2.67. The van der Waals surface area contributed by atoms with E-state index < -0.39 is 8.07 Å². The average Bonchev–Trinajstić information content (AvgIpc) is 2.27. The van der Waals surface area contributed by atoms with Crippen molar-refractivity contribution in [3.63, 3.8) is 0 Å². The summed E-state index contributed by atoms with van der Waals surface area (Å²) >= 11 is 0. The molecule has 2 nitrogen and oxygen atoms in total. The highest BCUT2D eigenvalue weighted by atomic mass is 28.3. The first-order valence-corrected chi connectivity index (χ1v) is 8.94. The molecule has 88 valence electrons. The quantitative estimate of drug-likeness (QED) is 0.465. The van der Waals surface area contributed by atoms with Crippen molar-refractivity contribution in [1.29, 1.82) is 0 Å². The van der Waals surface area contributed by atoms with E-state index in [-0.39, 0.29) is 0 Å². The third kappa shape index (κ3) is 4.53. The molecule has 0 atom stereocenters. The fraction of sp³-hybridized carbons (Fsp3) is 0.385. The number of benzene rings is 1. The minimum Gasteiger partial charge on any atom is -0.494 e. The molecule has 1 rings (SSSR count). The summed E-state index contributed by atoms with van der Waals surface area (Å²) in [4.78, 5) is 0. The molecule has 0 aliphatic carbocycles. The van der Waals surface area contributed by atoms with Crippen molar-refractivity contribution in [2.45, 2.75) is 25.6 Å². The lowest BCUT2D eigenvalue weighted by molar-refractivity contribution is 0.317. The second kappa shape index (κ2) is 5.75. The maximum atomic E-state index is 5.63. The molecule has 0 bridgehead atoms. The highest BCUT2D eigenvalue weighted by molar-refractivity contribution is 6.82. The van der Waals surface area contributed by atoms with Gasteiger partial charge in [0.2, 0.25) is 0 Å². The first kappa shape index (κ1) is 12.8. The van der Waals surface area contributed by atoms with Gasteiger partial charge in [0.05, 0.1) is 14.7 Å². The van der Waals surface area contributed by atoms with E-state index in [1.54, 1.807) is 0 Å². The van der Waals surface area contributed by atoms with E-state index in [9.17, 15) is 0 Å². The number of hydrogen-bond acceptors (Lipinski definition) is 2. The molecule has 0 aromatic heterocycles. The van der Waals surface area contributed by atoms with Crippen LogP contribution >= 0.6 is 0 Å². The first-order valence-electron chi connectivity index (χ1n) is 5.65. The molecule has 1 aromatic carbocycles. The van der Waals surface area contributed by atoms with Crippen LogP contribution in [0, 0.1) is 0 Å². The summed E-state index contributed by atoms with van der Waals surface area (Å²) in [6.07, 6.45) is 1.09. The molecule has 3 heteroatoms. The van der Waals surface area contributed by atoms with Crippen LogP contribution in [0.5, 0.6) is 5.75 Å². The van der Waals surface area contributed by atoms with Gasteiger partial charge >= 0.3 is 0 Å². The van der Waals surface area contributed by atoms with E-state index in [1.165, 1.54) is 6.04 Å². The van der Waals surface area contributed by atoms with E-state index in [0.717, 1.165) is 24.5 Å². The minimum absolute atomic E-state index is 0.771. The highest BCUT2D eigenvalue weighted by Gasteiger charge is 2.14. The van der Waals surface area contributed by atoms with Gasteiger partial charge in [0.1, 0.15) is 5.75 Å². The van der Waals surface area contributed by atoms with Crippen molar-refractivity contribution >= 4 is 13.8 Å². The second-order valence-electron chi connectivity index (χ2n) is 4.71. The van der Waals surface area contributed by atoms with Gasteiger partial charge in [0.15, 0.2) is 0 Å². The number of nitrogens with two attached hydrogens (primary N) is 1. The maximum Gasteiger partial charge on any atom is 0.119 e. The fourth-order valence-electron chi connectivity index (χ4n) is 1.38. The molecule has 0 radical (unpaired) electrons. The second-order valence-corrected chi connectivity index (χ2v) is 9.60. The molecule has 0 aliphatic rings. The summed E-state index contributed by atoms with van der Waals surface area (Å²) in [5.74, 6) is 0.896. The Labute approximate surface area is 99.1 Å². The summed E-state index contributed by atoms with van der Waals surface area (Å²) in [6.45, 7) is 9.30. The van der Waals surface area contributed by atoms with Crippen LogP contribution in [0.4, 0.5) is 5.69 Å². The lowest BCUT2D eigenvalue weighted by Gasteiger charge is -2.16. The Kier molecular flexibility index (Phi) is 4.62. The zero-order chi connectivity index (χ0) is 12.0. The van der Waals surface area contributed by atoms with Crippen LogP contribution in [-0.2, 0) is 0 Å². The zero-order valence-corrected chi connectivity index (χ0v) is 11.2. The fourth-order valence-corrected chi connectivity index (χ4v) is 2.64. The van der Waals surface area contributed by atoms with Crippen LogP contribution in [0.3, 0.4) is 0 Å². The number of rotatable bonds is 6. The van der Waals surface area contributed by atoms with Gasteiger partial charge in [0, 0.05) is 5.69 Å². The first-order chi connectivity index (χ1) is 7.53. The Morgan fingerprint density at radius 2 is 1.94 bits per heavy atom. The van der Waals surface area contributed by atoms with Gasteiger partial charge in [-0.05, 0) is 30.7 Å². The summed E-state index contributed by atoms with van der Waals surface area (Å²) in [5.41, 5.74) is 8.50. The lowest BCUT2D eigenvalue weighted by Crippen LogP contribution is -2.22. The molecule has 16 heavy (non-hydrogen) atoms. The molecule has 1 aromatic rings. The van der Waals surface area contributed by atoms with Gasteiger partial charge in [-0.2, -0.15) is 0 Å². The smallest absolute Gasteiger partial charge is 0.119 e. The van der Waals surface area contributed by atoms with Crippen LogP contribution in [-0.4, -0.2) is 14.7 Å². The summed E-state index contributed by atoms with van der Waals surface area (Å²) in [7, 11) is -1.16. The molecule has 0 unspecified atom stereocenters. The molecule has 0 saturated heterocycles. The lowest BCUT2D eigenvalue weighted by atomic mass is 10.3. The van der Waals surface area contributed by atoms with E-state index in [2.05, 4.69) is 25.4 Å². The van der Waals surface area contributed by atoms with Crippen LogP contribution in [0.25, 0.3) is 0 Å². The third-order valence-corrected chi connectivity index (χ3v) is 5.41. The highest BCUT2D eigenvalue weighted by Crippen LogP contribution is 2.16. The van der Waals surface area contributed by atoms with Gasteiger partial charge in [-0.3, -0.25) is 0 Å². The number of ether oxygens (including phenoxy) is 1. The number of hydrogen-bond donors (Lipinski definition) is 1. The Balaban J connectivity index is 2.26. The van der Waals surface area contributed by atoms with Gasteiger partial charge in [-0.25, -0.2) is 0 Å². The van der Waals surface area contributed by atoms with Crippen molar-refractivity contribution in [2.75, 3.05) is 12.3 Å². The van der Waals surface area contributed by atoms with Crippen molar-refractivity contribution in [2.24, 2.45) is 0 Å². The Bertz CT molecular complexity index is 332. The van der Waals surface area contributed by atoms with Gasteiger partial charge < -0.3 is 10.5 Å². The zero-order valence-electron chi connectivity index (χ0n) is 10.2. The predicted octanol–water partition coefficient (Wildman–Crippen LogP) is 3.47. The van der Waals surface area contributed by atoms with Crippen LogP contribution in [0.1, 0.15) is 6.42 Å². The molecule has 0 saturated carbocycles. The van der Waals surface area contributed by atoms with Crippen LogP contribution < -0.4 is 10.5 Å². The summed E-state index contributed by atoms with van der Waals surface area (Å²) in [6, 6.07) is 8.76. The molecule has 0 spiro atoms. The van der Waals surface area contributed by atoms with Crippen molar-refractivity contribution in [3.8, 4) is 5.75 Å². The molecule has 0 fully saturated rings. The minimum atomic E-state index is -1.16. The molecule has 0 amide bonds. The van der Waals surface area contributed by atoms with Gasteiger partial charge in [-0.15, -0.1) is 12.3 Å². The van der Waals surface area contributed by atoms with Crippen LogP contribution in [0.2, 0.25) is 19.1 Å². The summed E-state index contributed by atoms with van der Waals surface area (Å²) in [5, 5.41) is 0. The normalized spacial score (nSPS) is 11.1. The SMILES string of the molecule is C=C[Si](C)(C)CCCOc1ccc(N)cc1. The standard InChI is InChI=1S/C13H21NOSi/c1-4-16(2,3)11-5-10-15-13-8-6-12(14)7-9-13/h4,6-9H,1,5,10-11,14H2,2-3H3. The van der Waals surface area contributed by atoms with E-state index in [0.29, 0.717) is 0 Å². The van der Waals surface area contributed by atoms with Gasteiger partial charge in [0.25, 0.3) is 0 Å². The Hall–Kier alpha value is -1.22. The van der Waals surface area contributed by atoms with Crippen LogP contribution in [0.15, 0.2) is 36.5 Å². The monoisotopic (exact) mass is 235 g/mol. The van der Waals surface area contributed by atoms with Gasteiger partial charge in [-0.1, -0.05) is 19.1 Å². The van der Waals surface area contributed by atoms with Crippen molar-refractivity contribution in [1.82, 2.24) is 0 Å². The Morgan fingerprint density at radius 3 is 2.50 bits per heavy atom. The molecule has 0 heterocycles. The maximum absolute atomic E-state index is 5.63. The summed E-state index contributed by atoms with van der Waals surface area (Å²) < 4.78 is 5.63. The number of anilines is 1. The molecular formula is C13H21NOSi. The van der Waals surface area contributed by atoms with Crippen molar-refractivity contribution < 1.29 is 4.74 Å². The predicted molar refractivity (Wildman–Crippen MR) is 73.5 cm³/mol. The molecule has 0 aliphatic heterocycles. The molecular weight excluding hydrogens is 214 g/mol. The van der Waals surface area contributed by atoms with E-state index >= 15 is 0 Å².